The van der Waals surface area contributed by atoms with Crippen molar-refractivity contribution in [3.8, 4) is 11.5 Å². The van der Waals surface area contributed by atoms with Crippen molar-refractivity contribution in [1.82, 2.24) is 4.90 Å². The Morgan fingerprint density at radius 1 is 1.00 bits per heavy atom. The number of para-hydroxylation sites is 1. The average molecular weight is 427 g/mol. The lowest BCUT2D eigenvalue weighted by Gasteiger charge is -2.25. The molecule has 1 aliphatic heterocycles. The second-order valence-electron chi connectivity index (χ2n) is 8.97. The summed E-state index contributed by atoms with van der Waals surface area (Å²) in [6.45, 7) is 8.35. The monoisotopic (exact) mass is 426 g/mol. The topological polar surface area (TPSA) is 68.3 Å². The predicted octanol–water partition coefficient (Wildman–Crippen LogP) is 4.54. The fourth-order valence-corrected chi connectivity index (χ4v) is 3.84. The zero-order valence-corrected chi connectivity index (χ0v) is 19.2. The summed E-state index contributed by atoms with van der Waals surface area (Å²) in [5.41, 5.74) is 2.95. The summed E-state index contributed by atoms with van der Waals surface area (Å²) in [7, 11) is 5.84. The molecule has 0 fully saturated rings. The molecule has 0 saturated carbocycles. The van der Waals surface area contributed by atoms with E-state index in [0.717, 1.165) is 16.8 Å². The van der Waals surface area contributed by atoms with Crippen molar-refractivity contribution >= 4 is 17.8 Å². The molecular weight excluding hydrogens is 396 g/mol. The Labute approximate surface area is 183 Å². The van der Waals surface area contributed by atoms with Crippen molar-refractivity contribution in [1.29, 1.82) is 0 Å². The number of hydrogen-bond donors (Lipinski definition) is 0. The molecule has 0 aliphatic carbocycles. The molecule has 2 aromatic carbocycles. The molecule has 166 valence electrons. The van der Waals surface area contributed by atoms with Gasteiger partial charge in [-0.1, -0.05) is 18.2 Å². The molecule has 0 amide bonds. The lowest BCUT2D eigenvalue weighted by Crippen LogP contribution is -2.27. The van der Waals surface area contributed by atoms with Gasteiger partial charge in [0.05, 0.1) is 0 Å². The van der Waals surface area contributed by atoms with E-state index < -0.39 is 17.7 Å². The third-order valence-corrected chi connectivity index (χ3v) is 4.92. The van der Waals surface area contributed by atoms with E-state index in [-0.39, 0.29) is 11.3 Å². The van der Waals surface area contributed by atoms with Gasteiger partial charge in [0.25, 0.3) is 0 Å². The highest BCUT2D eigenvalue weighted by Gasteiger charge is 2.34. The largest absolute Gasteiger partial charge is 0.514 e. The zero-order chi connectivity index (χ0) is 22.9. The highest BCUT2D eigenvalue weighted by Crippen LogP contribution is 2.43. The first-order valence-electron chi connectivity index (χ1n) is 10.2. The van der Waals surface area contributed by atoms with Gasteiger partial charge in [0.1, 0.15) is 16.9 Å². The lowest BCUT2D eigenvalue weighted by molar-refractivity contribution is 0.0201. The highest BCUT2D eigenvalue weighted by atomic mass is 16.7. The number of carbonyl (C=O) groups is 2. The summed E-state index contributed by atoms with van der Waals surface area (Å²) < 4.78 is 16.7. The highest BCUT2D eigenvalue weighted by molar-refractivity contribution is 5.99. The fraction of sp³-hybridized carbons (Fsp3) is 0.417. The Morgan fingerprint density at radius 2 is 1.61 bits per heavy atom. The Hall–Kier alpha value is -3.06. The van der Waals surface area contributed by atoms with Crippen LogP contribution in [-0.4, -0.2) is 43.8 Å². The smallest absolute Gasteiger partial charge is 0.428 e. The number of hydrogen-bond acceptors (Lipinski definition) is 7. The maximum absolute atomic E-state index is 13.3. The molecule has 7 nitrogen and oxygen atoms in total. The van der Waals surface area contributed by atoms with E-state index in [9.17, 15) is 9.59 Å². The molecule has 0 radical (unpaired) electrons. The van der Waals surface area contributed by atoms with E-state index in [4.69, 9.17) is 14.2 Å². The van der Waals surface area contributed by atoms with Crippen LogP contribution in [0.4, 0.5) is 10.5 Å². The van der Waals surface area contributed by atoms with Gasteiger partial charge < -0.3 is 19.1 Å². The molecule has 0 unspecified atom stereocenters. The van der Waals surface area contributed by atoms with Crippen molar-refractivity contribution in [2.45, 2.75) is 46.4 Å². The Balaban J connectivity index is 2.14. The first-order valence-corrected chi connectivity index (χ1v) is 10.2. The standard InChI is InChI=1S/C24H30N2O5/c1-15-19(22(27)29-16-11-9-8-10-12-16)21(30-23(28)31-24(2,3)4)18-14-26(7)13-17(18)20(15)25(5)6/h8-12H,13-14H2,1-7H3. The van der Waals surface area contributed by atoms with Crippen molar-refractivity contribution in [2.75, 3.05) is 26.0 Å². The molecule has 0 atom stereocenters. The number of anilines is 1. The third-order valence-electron chi connectivity index (χ3n) is 4.92. The lowest BCUT2D eigenvalue weighted by atomic mass is 9.95. The number of ether oxygens (including phenoxy) is 3. The van der Waals surface area contributed by atoms with Crippen LogP contribution in [0.2, 0.25) is 0 Å². The minimum atomic E-state index is -0.852. The van der Waals surface area contributed by atoms with E-state index in [1.54, 1.807) is 45.0 Å². The molecule has 0 saturated heterocycles. The molecule has 2 aromatic rings. The molecular formula is C24H30N2O5. The molecule has 0 N–H and O–H groups in total. The zero-order valence-electron chi connectivity index (χ0n) is 19.2. The molecule has 1 heterocycles. The van der Waals surface area contributed by atoms with Crippen LogP contribution in [0.5, 0.6) is 11.5 Å². The predicted molar refractivity (Wildman–Crippen MR) is 119 cm³/mol. The molecule has 0 bridgehead atoms. The third kappa shape index (κ3) is 4.99. The van der Waals surface area contributed by atoms with Gasteiger partial charge in [-0.2, -0.15) is 0 Å². The number of rotatable bonds is 4. The summed E-state index contributed by atoms with van der Waals surface area (Å²) in [6.07, 6.45) is -0.852. The van der Waals surface area contributed by atoms with Gasteiger partial charge in [-0.05, 0) is 58.0 Å². The summed E-state index contributed by atoms with van der Waals surface area (Å²) in [4.78, 5) is 29.9. The maximum Gasteiger partial charge on any atom is 0.514 e. The van der Waals surface area contributed by atoms with Crippen LogP contribution in [0.15, 0.2) is 30.3 Å². The van der Waals surface area contributed by atoms with Crippen LogP contribution < -0.4 is 14.4 Å². The number of carbonyl (C=O) groups excluding carboxylic acids is 2. The van der Waals surface area contributed by atoms with Gasteiger partial charge in [-0.15, -0.1) is 0 Å². The van der Waals surface area contributed by atoms with Crippen LogP contribution in [0.1, 0.15) is 47.8 Å². The van der Waals surface area contributed by atoms with Gasteiger partial charge >= 0.3 is 12.1 Å². The van der Waals surface area contributed by atoms with Crippen molar-refractivity contribution in [3.63, 3.8) is 0 Å². The van der Waals surface area contributed by atoms with Crippen LogP contribution in [-0.2, 0) is 17.8 Å². The number of nitrogens with zero attached hydrogens (tertiary/aromatic N) is 2. The molecule has 3 rings (SSSR count). The Kier molecular flexibility index (Phi) is 6.27. The first kappa shape index (κ1) is 22.6. The number of esters is 1. The minimum absolute atomic E-state index is 0.206. The normalized spacial score (nSPS) is 13.5. The Morgan fingerprint density at radius 3 is 2.19 bits per heavy atom. The van der Waals surface area contributed by atoms with E-state index in [1.807, 2.05) is 39.0 Å². The van der Waals surface area contributed by atoms with Crippen LogP contribution in [0.25, 0.3) is 0 Å². The average Bonchev–Trinajstić information content (AvgIpc) is 3.01. The molecule has 1 aliphatic rings. The maximum atomic E-state index is 13.3. The second kappa shape index (κ2) is 8.59. The molecule has 0 spiro atoms. The van der Waals surface area contributed by atoms with Gasteiger partial charge in [-0.3, -0.25) is 4.90 Å². The van der Waals surface area contributed by atoms with E-state index >= 15 is 0 Å². The molecule has 0 aromatic heterocycles. The summed E-state index contributed by atoms with van der Waals surface area (Å²) in [5.74, 6) is 0.0412. The number of benzene rings is 2. The van der Waals surface area contributed by atoms with E-state index in [0.29, 0.717) is 24.4 Å². The summed E-state index contributed by atoms with van der Waals surface area (Å²) >= 11 is 0. The number of fused-ring (bicyclic) bond motifs is 1. The van der Waals surface area contributed by atoms with Crippen molar-refractivity contribution < 1.29 is 23.8 Å². The van der Waals surface area contributed by atoms with E-state index in [1.165, 1.54) is 0 Å². The van der Waals surface area contributed by atoms with Gasteiger partial charge in [0, 0.05) is 38.4 Å². The van der Waals surface area contributed by atoms with Gasteiger partial charge in [0.15, 0.2) is 5.75 Å². The quantitative estimate of drug-likeness (QED) is 0.404. The van der Waals surface area contributed by atoms with Crippen LogP contribution in [0, 0.1) is 6.92 Å². The molecule has 31 heavy (non-hydrogen) atoms. The molecule has 7 heteroatoms. The summed E-state index contributed by atoms with van der Waals surface area (Å²) in [5, 5.41) is 0. The first-order chi connectivity index (χ1) is 14.5. The SMILES string of the molecule is Cc1c(C(=O)Oc2ccccc2)c(OC(=O)OC(C)(C)C)c2c(c1N(C)C)CN(C)C2. The van der Waals surface area contributed by atoms with E-state index in [2.05, 4.69) is 4.90 Å². The second-order valence-corrected chi connectivity index (χ2v) is 8.97. The minimum Gasteiger partial charge on any atom is -0.428 e. The van der Waals surface area contributed by atoms with Gasteiger partial charge in [0.2, 0.25) is 0 Å². The van der Waals surface area contributed by atoms with Gasteiger partial charge in [-0.25, -0.2) is 9.59 Å². The van der Waals surface area contributed by atoms with Crippen molar-refractivity contribution in [2.24, 2.45) is 0 Å². The summed E-state index contributed by atoms with van der Waals surface area (Å²) in [6, 6.07) is 8.83. The van der Waals surface area contributed by atoms with Crippen molar-refractivity contribution in [3.05, 3.63) is 52.6 Å². The Bertz CT molecular complexity index is 994. The van der Waals surface area contributed by atoms with Crippen LogP contribution in [0.3, 0.4) is 0 Å². The van der Waals surface area contributed by atoms with Crippen LogP contribution >= 0.6 is 0 Å². The fourth-order valence-electron chi connectivity index (χ4n) is 3.84.